The Morgan fingerprint density at radius 2 is 1.49 bits per heavy atom. The van der Waals surface area contributed by atoms with E-state index < -0.39 is 0 Å². The van der Waals surface area contributed by atoms with Gasteiger partial charge >= 0.3 is 5.97 Å². The number of carbonyl (C=O) groups excluding carboxylic acids is 1. The third-order valence-corrected chi connectivity index (χ3v) is 24.4. The molecule has 0 aliphatic heterocycles. The van der Waals surface area contributed by atoms with Crippen LogP contribution < -0.4 is 5.32 Å². The SMILES string of the molecule is C=C(C)[C@@H]1CC[C@]2(C(=O)O[C@@H]3CC[C@@]4(C)C(=CC[C@H]5[C@@H]6CC[C@H]([C@H](C)CCCC(C)C)[C@@]6(C)CC[C@@H]54)C3)CC[C@]3(C)[C@H](CC[C@@H]4[C@@]5(C)CCC(NC)C(C)(C)C5CC[C@]43C)C12. The lowest BCUT2D eigenvalue weighted by Crippen LogP contribution is -2.67. The van der Waals surface area contributed by atoms with Crippen LogP contribution in [0.25, 0.3) is 0 Å². The second-order valence-corrected chi connectivity index (χ2v) is 27.1. The van der Waals surface area contributed by atoms with Crippen molar-refractivity contribution in [3.8, 4) is 0 Å². The second kappa shape index (κ2) is 15.5. The number of rotatable bonds is 9. The topological polar surface area (TPSA) is 38.3 Å². The Balaban J connectivity index is 0.911. The summed E-state index contributed by atoms with van der Waals surface area (Å²) in [5.74, 6) is 8.27. The van der Waals surface area contributed by atoms with Crippen LogP contribution in [-0.4, -0.2) is 25.2 Å². The Bertz CT molecular complexity index is 1720. The van der Waals surface area contributed by atoms with Crippen molar-refractivity contribution in [1.82, 2.24) is 5.32 Å². The molecule has 0 radical (unpaired) electrons. The van der Waals surface area contributed by atoms with E-state index in [2.05, 4.69) is 101 Å². The van der Waals surface area contributed by atoms with E-state index in [1.165, 1.54) is 108 Å². The van der Waals surface area contributed by atoms with Crippen molar-refractivity contribution in [1.29, 1.82) is 0 Å². The smallest absolute Gasteiger partial charge is 0.312 e. The van der Waals surface area contributed by atoms with Crippen LogP contribution in [0.4, 0.5) is 0 Å². The molecule has 0 aromatic carbocycles. The lowest BCUT2D eigenvalue weighted by atomic mass is 9.32. The molecule has 1 N–H and O–H groups in total. The zero-order valence-electron chi connectivity index (χ0n) is 42.0. The summed E-state index contributed by atoms with van der Waals surface area (Å²) < 4.78 is 7.03. The maximum absolute atomic E-state index is 15.3. The van der Waals surface area contributed by atoms with Gasteiger partial charge in [-0.3, -0.25) is 4.79 Å². The fourth-order valence-electron chi connectivity index (χ4n) is 21.0. The number of allylic oxidation sites excluding steroid dienone is 2. The molecule has 8 saturated carbocycles. The molecule has 8 fully saturated rings. The molecule has 344 valence electrons. The predicted molar refractivity (Wildman–Crippen MR) is 255 cm³/mol. The zero-order valence-corrected chi connectivity index (χ0v) is 42.0. The molecule has 18 atom stereocenters. The molecule has 0 saturated heterocycles. The van der Waals surface area contributed by atoms with Gasteiger partial charge in [-0.2, -0.15) is 0 Å². The molecule has 0 bridgehead atoms. The number of fused-ring (bicyclic) bond motifs is 12. The highest BCUT2D eigenvalue weighted by Gasteiger charge is 2.72. The third-order valence-electron chi connectivity index (χ3n) is 24.4. The van der Waals surface area contributed by atoms with E-state index >= 15 is 4.79 Å². The first-order chi connectivity index (χ1) is 28.7. The number of esters is 1. The predicted octanol–water partition coefficient (Wildman–Crippen LogP) is 15.2. The quantitative estimate of drug-likeness (QED) is 0.186. The Kier molecular flexibility index (Phi) is 11.5. The maximum Gasteiger partial charge on any atom is 0.312 e. The first-order valence-corrected chi connectivity index (χ1v) is 26.9. The first-order valence-electron chi connectivity index (χ1n) is 26.9. The van der Waals surface area contributed by atoms with Crippen LogP contribution >= 0.6 is 0 Å². The highest BCUT2D eigenvalue weighted by molar-refractivity contribution is 5.78. The Morgan fingerprint density at radius 1 is 0.754 bits per heavy atom. The molecule has 0 spiro atoms. The van der Waals surface area contributed by atoms with Gasteiger partial charge in [0.1, 0.15) is 6.10 Å². The van der Waals surface area contributed by atoms with E-state index in [9.17, 15) is 0 Å². The van der Waals surface area contributed by atoms with Crippen molar-refractivity contribution in [3.63, 3.8) is 0 Å². The minimum absolute atomic E-state index is 0.0477. The van der Waals surface area contributed by atoms with Crippen LogP contribution in [0.2, 0.25) is 0 Å². The zero-order chi connectivity index (χ0) is 43.7. The van der Waals surface area contributed by atoms with E-state index in [0.717, 1.165) is 79.4 Å². The number of nitrogens with one attached hydrogen (secondary N) is 1. The normalized spacial score (nSPS) is 51.4. The molecule has 3 heteroatoms. The largest absolute Gasteiger partial charge is 0.462 e. The molecule has 9 aliphatic rings. The van der Waals surface area contributed by atoms with Crippen LogP contribution in [0.15, 0.2) is 23.8 Å². The number of hydrogen-bond donors (Lipinski definition) is 1. The van der Waals surface area contributed by atoms with Crippen LogP contribution in [0, 0.1) is 103 Å². The summed E-state index contributed by atoms with van der Waals surface area (Å²) in [6, 6.07) is 0.615. The van der Waals surface area contributed by atoms with E-state index in [0.29, 0.717) is 45.5 Å². The fourth-order valence-corrected chi connectivity index (χ4v) is 21.0. The summed E-state index contributed by atoms with van der Waals surface area (Å²) >= 11 is 0. The van der Waals surface area contributed by atoms with Gasteiger partial charge in [-0.15, -0.1) is 0 Å². The van der Waals surface area contributed by atoms with Crippen LogP contribution in [0.1, 0.15) is 211 Å². The average molecular weight is 838 g/mol. The monoisotopic (exact) mass is 838 g/mol. The van der Waals surface area contributed by atoms with E-state index in [1.54, 1.807) is 5.57 Å². The van der Waals surface area contributed by atoms with Gasteiger partial charge in [0.05, 0.1) is 5.41 Å². The molecule has 0 aromatic rings. The Labute approximate surface area is 376 Å². The summed E-state index contributed by atoms with van der Waals surface area (Å²) in [6.07, 6.45) is 29.6. The van der Waals surface area contributed by atoms with E-state index in [1.807, 2.05) is 0 Å². The molecule has 0 heterocycles. The van der Waals surface area contributed by atoms with Gasteiger partial charge < -0.3 is 10.1 Å². The van der Waals surface area contributed by atoms with Gasteiger partial charge in [0.2, 0.25) is 0 Å². The Morgan fingerprint density at radius 3 is 2.21 bits per heavy atom. The highest BCUT2D eigenvalue weighted by Crippen LogP contribution is 2.78. The summed E-state index contributed by atoms with van der Waals surface area (Å²) in [5.41, 5.74) is 4.72. The lowest BCUT2D eigenvalue weighted by molar-refractivity contribution is -0.241. The Hall–Kier alpha value is -1.09. The van der Waals surface area contributed by atoms with Crippen molar-refractivity contribution >= 4 is 5.97 Å². The second-order valence-electron chi connectivity index (χ2n) is 27.1. The van der Waals surface area contributed by atoms with Gasteiger partial charge in [0.15, 0.2) is 0 Å². The summed E-state index contributed by atoms with van der Waals surface area (Å²) in [6.45, 7) is 33.1. The van der Waals surface area contributed by atoms with Gasteiger partial charge in [-0.05, 0) is 221 Å². The fraction of sp³-hybridized carbons (Fsp3) is 0.914. The van der Waals surface area contributed by atoms with Gasteiger partial charge in [0, 0.05) is 12.5 Å². The van der Waals surface area contributed by atoms with E-state index in [-0.39, 0.29) is 28.3 Å². The average Bonchev–Trinajstić information content (AvgIpc) is 3.77. The van der Waals surface area contributed by atoms with Crippen LogP contribution in [0.5, 0.6) is 0 Å². The van der Waals surface area contributed by atoms with Crippen molar-refractivity contribution in [3.05, 3.63) is 23.8 Å². The van der Waals surface area contributed by atoms with Crippen molar-refractivity contribution < 1.29 is 9.53 Å². The molecule has 0 aromatic heterocycles. The van der Waals surface area contributed by atoms with Gasteiger partial charge in [-0.25, -0.2) is 0 Å². The third kappa shape index (κ3) is 6.46. The number of hydrogen-bond acceptors (Lipinski definition) is 3. The standard InChI is InChI=1S/C58H95NO2/c1-36(2)15-14-16-38(5)43-19-20-44-42-18-17-39-35-40(23-28-53(39,8)45(42)25-29-54(43,44)9)61-51(60)58-32-24-41(37(3)4)50(58)46-21-22-48-55(10)30-27-49(59-13)52(6,7)47(55)26-31-57(48,12)56(46,11)33-34-58/h17,36,38,40-50,59H,3,14-16,18-35H2,1-2,4-13H3/t38-,40-,41+,42+,43-,44+,45+,46-,47?,48-,49?,50?,53+,54-,55+,56-,57-,58+/m1/s1. The molecule has 9 rings (SSSR count). The van der Waals surface area contributed by atoms with E-state index in [4.69, 9.17) is 4.74 Å². The van der Waals surface area contributed by atoms with Crippen LogP contribution in [-0.2, 0) is 9.53 Å². The summed E-state index contributed by atoms with van der Waals surface area (Å²) in [5, 5.41) is 3.75. The summed E-state index contributed by atoms with van der Waals surface area (Å²) in [7, 11) is 2.20. The molecular weight excluding hydrogens is 743 g/mol. The number of ether oxygens (including phenoxy) is 1. The van der Waals surface area contributed by atoms with Crippen LogP contribution in [0.3, 0.4) is 0 Å². The van der Waals surface area contributed by atoms with Gasteiger partial charge in [0.25, 0.3) is 0 Å². The van der Waals surface area contributed by atoms with Gasteiger partial charge in [-0.1, -0.05) is 112 Å². The molecule has 3 nitrogen and oxygen atoms in total. The lowest BCUT2D eigenvalue weighted by Gasteiger charge is -2.73. The molecule has 3 unspecified atom stereocenters. The van der Waals surface area contributed by atoms with Crippen molar-refractivity contribution in [2.45, 2.75) is 223 Å². The number of carbonyl (C=O) groups is 1. The molecule has 61 heavy (non-hydrogen) atoms. The molecular formula is C58H95NO2. The van der Waals surface area contributed by atoms with Crippen molar-refractivity contribution in [2.75, 3.05) is 7.05 Å². The van der Waals surface area contributed by atoms with Crippen molar-refractivity contribution in [2.24, 2.45) is 103 Å². The maximum atomic E-state index is 15.3. The highest BCUT2D eigenvalue weighted by atomic mass is 16.5. The minimum atomic E-state index is -0.337. The molecule has 9 aliphatic carbocycles. The minimum Gasteiger partial charge on any atom is -0.462 e. The molecule has 0 amide bonds. The summed E-state index contributed by atoms with van der Waals surface area (Å²) in [4.78, 5) is 15.3. The first kappa shape index (κ1) is 45.1.